The lowest BCUT2D eigenvalue weighted by Crippen LogP contribution is -2.11. The van der Waals surface area contributed by atoms with E-state index in [1.807, 2.05) is 18.2 Å². The Hall–Kier alpha value is -2.76. The topological polar surface area (TPSA) is 62.6 Å². The molecule has 0 saturated heterocycles. The van der Waals surface area contributed by atoms with E-state index < -0.39 is 5.97 Å². The number of rotatable bonds is 7. The summed E-state index contributed by atoms with van der Waals surface area (Å²) in [6.45, 7) is 5.78. The van der Waals surface area contributed by atoms with E-state index in [4.69, 9.17) is 14.2 Å². The van der Waals surface area contributed by atoms with Crippen LogP contribution < -0.4 is 9.47 Å². The maximum atomic E-state index is 12.3. The molecular formula is C20H24N2O4. The molecule has 0 N–H and O–H groups in total. The summed E-state index contributed by atoms with van der Waals surface area (Å²) >= 11 is 0. The third-order valence-electron chi connectivity index (χ3n) is 4.45. The van der Waals surface area contributed by atoms with Gasteiger partial charge in [0.1, 0.15) is 11.3 Å². The average molecular weight is 356 g/mol. The fourth-order valence-corrected chi connectivity index (χ4v) is 3.16. The molecule has 0 radical (unpaired) electrons. The number of aromatic nitrogens is 2. The van der Waals surface area contributed by atoms with Gasteiger partial charge in [0, 0.05) is 18.0 Å². The van der Waals surface area contributed by atoms with Crippen molar-refractivity contribution in [2.24, 2.45) is 0 Å². The number of ether oxygens (including phenoxy) is 3. The van der Waals surface area contributed by atoms with Crippen LogP contribution in [0.15, 0.2) is 31.0 Å². The van der Waals surface area contributed by atoms with Gasteiger partial charge >= 0.3 is 5.97 Å². The average Bonchev–Trinajstić information content (AvgIpc) is 3.31. The number of methoxy groups -OCH3 is 1. The molecular weight excluding hydrogens is 332 g/mol. The number of hydrogen-bond donors (Lipinski definition) is 0. The van der Waals surface area contributed by atoms with Crippen LogP contribution in [-0.4, -0.2) is 35.6 Å². The molecule has 1 aromatic heterocycles. The van der Waals surface area contributed by atoms with Gasteiger partial charge in [-0.25, -0.2) is 9.48 Å². The Morgan fingerprint density at radius 1 is 1.35 bits per heavy atom. The molecule has 0 atom stereocenters. The van der Waals surface area contributed by atoms with Gasteiger partial charge in [-0.15, -0.1) is 0 Å². The Bertz CT molecular complexity index is 791. The Morgan fingerprint density at radius 3 is 2.77 bits per heavy atom. The van der Waals surface area contributed by atoms with Crippen molar-refractivity contribution in [1.82, 2.24) is 9.78 Å². The standard InChI is InChI=1S/C20H24N2O4/c1-4-22-13-16(20(23)25-5-2)19(21-22)14-10-11-17(24-3)18(12-14)26-15-8-6-7-9-15/h4,10-13,15H,1,5-9H2,2-3H3. The summed E-state index contributed by atoms with van der Waals surface area (Å²) in [5, 5.41) is 4.43. The van der Waals surface area contributed by atoms with E-state index in [9.17, 15) is 4.79 Å². The zero-order chi connectivity index (χ0) is 18.5. The number of carbonyl (C=O) groups excluding carboxylic acids is 1. The Morgan fingerprint density at radius 2 is 2.12 bits per heavy atom. The van der Waals surface area contributed by atoms with Gasteiger partial charge in [-0.05, 0) is 50.8 Å². The molecule has 1 saturated carbocycles. The molecule has 6 heteroatoms. The van der Waals surface area contributed by atoms with Crippen LogP contribution >= 0.6 is 0 Å². The fraction of sp³-hybridized carbons (Fsp3) is 0.400. The number of carbonyl (C=O) groups is 1. The van der Waals surface area contributed by atoms with Gasteiger partial charge in [-0.1, -0.05) is 6.58 Å². The minimum absolute atomic E-state index is 0.203. The summed E-state index contributed by atoms with van der Waals surface area (Å²) in [5.41, 5.74) is 1.69. The third kappa shape index (κ3) is 3.74. The smallest absolute Gasteiger partial charge is 0.342 e. The highest BCUT2D eigenvalue weighted by atomic mass is 16.5. The highest BCUT2D eigenvalue weighted by Gasteiger charge is 2.22. The van der Waals surface area contributed by atoms with Gasteiger partial charge in [0.25, 0.3) is 0 Å². The summed E-state index contributed by atoms with van der Waals surface area (Å²) < 4.78 is 18.2. The van der Waals surface area contributed by atoms with Crippen molar-refractivity contribution in [1.29, 1.82) is 0 Å². The first kappa shape index (κ1) is 18.0. The first-order valence-electron chi connectivity index (χ1n) is 8.90. The predicted octanol–water partition coefficient (Wildman–Crippen LogP) is 4.16. The summed E-state index contributed by atoms with van der Waals surface area (Å²) in [6.07, 6.45) is 7.81. The van der Waals surface area contributed by atoms with Crippen molar-refractivity contribution >= 4 is 12.2 Å². The van der Waals surface area contributed by atoms with Crippen molar-refractivity contribution in [3.63, 3.8) is 0 Å². The predicted molar refractivity (Wildman–Crippen MR) is 99.4 cm³/mol. The zero-order valence-electron chi connectivity index (χ0n) is 15.2. The molecule has 1 aliphatic rings. The SMILES string of the molecule is C=Cn1cc(C(=O)OCC)c(-c2ccc(OC)c(OC3CCCC3)c2)n1. The van der Waals surface area contributed by atoms with E-state index in [-0.39, 0.29) is 6.10 Å². The Kier molecular flexibility index (Phi) is 5.61. The second kappa shape index (κ2) is 8.08. The van der Waals surface area contributed by atoms with Gasteiger partial charge in [-0.3, -0.25) is 0 Å². The quantitative estimate of drug-likeness (QED) is 0.697. The molecule has 138 valence electrons. The molecule has 1 aromatic carbocycles. The molecule has 0 aliphatic heterocycles. The van der Waals surface area contributed by atoms with Crippen LogP contribution in [0.5, 0.6) is 11.5 Å². The second-order valence-corrected chi connectivity index (χ2v) is 6.16. The van der Waals surface area contributed by atoms with Crippen LogP contribution in [0.3, 0.4) is 0 Å². The first-order chi connectivity index (χ1) is 12.7. The zero-order valence-corrected chi connectivity index (χ0v) is 15.2. The Balaban J connectivity index is 1.99. The third-order valence-corrected chi connectivity index (χ3v) is 4.45. The lowest BCUT2D eigenvalue weighted by Gasteiger charge is -2.16. The molecule has 1 heterocycles. The van der Waals surface area contributed by atoms with E-state index in [0.717, 1.165) is 18.4 Å². The van der Waals surface area contributed by atoms with Gasteiger partial charge < -0.3 is 14.2 Å². The van der Waals surface area contributed by atoms with Crippen molar-refractivity contribution in [3.8, 4) is 22.8 Å². The Labute approximate surface area is 153 Å². The molecule has 2 aromatic rings. The highest BCUT2D eigenvalue weighted by Crippen LogP contribution is 2.36. The first-order valence-corrected chi connectivity index (χ1v) is 8.90. The number of esters is 1. The molecule has 6 nitrogen and oxygen atoms in total. The monoisotopic (exact) mass is 356 g/mol. The normalized spacial score (nSPS) is 14.2. The van der Waals surface area contributed by atoms with E-state index >= 15 is 0 Å². The van der Waals surface area contributed by atoms with Crippen LogP contribution in [0.1, 0.15) is 43.0 Å². The second-order valence-electron chi connectivity index (χ2n) is 6.16. The van der Waals surface area contributed by atoms with Crippen molar-refractivity contribution in [2.45, 2.75) is 38.7 Å². The molecule has 3 rings (SSSR count). The van der Waals surface area contributed by atoms with Gasteiger partial charge in [0.2, 0.25) is 0 Å². The lowest BCUT2D eigenvalue weighted by atomic mass is 10.1. The van der Waals surface area contributed by atoms with Gasteiger partial charge in [0.05, 0.1) is 19.8 Å². The summed E-state index contributed by atoms with van der Waals surface area (Å²) in [4.78, 5) is 12.3. The maximum absolute atomic E-state index is 12.3. The number of nitrogens with zero attached hydrogens (tertiary/aromatic N) is 2. The minimum atomic E-state index is -0.412. The molecule has 0 spiro atoms. The molecule has 0 amide bonds. The number of hydrogen-bond acceptors (Lipinski definition) is 5. The van der Waals surface area contributed by atoms with Crippen LogP contribution in [0.25, 0.3) is 17.5 Å². The summed E-state index contributed by atoms with van der Waals surface area (Å²) in [5.74, 6) is 0.922. The van der Waals surface area contributed by atoms with Crippen LogP contribution in [0, 0.1) is 0 Å². The maximum Gasteiger partial charge on any atom is 0.342 e. The molecule has 0 bridgehead atoms. The lowest BCUT2D eigenvalue weighted by molar-refractivity contribution is 0.0527. The van der Waals surface area contributed by atoms with E-state index in [1.54, 1.807) is 20.2 Å². The summed E-state index contributed by atoms with van der Waals surface area (Å²) in [6, 6.07) is 5.57. The molecule has 1 aliphatic carbocycles. The minimum Gasteiger partial charge on any atom is -0.493 e. The molecule has 0 unspecified atom stereocenters. The van der Waals surface area contributed by atoms with Gasteiger partial charge in [-0.2, -0.15) is 5.10 Å². The number of benzene rings is 1. The van der Waals surface area contributed by atoms with Crippen LogP contribution in [0.4, 0.5) is 0 Å². The largest absolute Gasteiger partial charge is 0.493 e. The van der Waals surface area contributed by atoms with Crippen molar-refractivity contribution in [2.75, 3.05) is 13.7 Å². The highest BCUT2D eigenvalue weighted by molar-refractivity contribution is 5.96. The fourth-order valence-electron chi connectivity index (χ4n) is 3.16. The van der Waals surface area contributed by atoms with Crippen LogP contribution in [0.2, 0.25) is 0 Å². The molecule has 1 fully saturated rings. The van der Waals surface area contributed by atoms with E-state index in [1.165, 1.54) is 23.7 Å². The van der Waals surface area contributed by atoms with E-state index in [0.29, 0.717) is 29.4 Å². The van der Waals surface area contributed by atoms with Crippen LogP contribution in [-0.2, 0) is 4.74 Å². The molecule has 26 heavy (non-hydrogen) atoms. The van der Waals surface area contributed by atoms with Gasteiger partial charge in [0.15, 0.2) is 11.5 Å². The summed E-state index contributed by atoms with van der Waals surface area (Å²) in [7, 11) is 1.62. The van der Waals surface area contributed by atoms with Crippen molar-refractivity contribution in [3.05, 3.63) is 36.5 Å². The van der Waals surface area contributed by atoms with Crippen molar-refractivity contribution < 1.29 is 19.0 Å². The van der Waals surface area contributed by atoms with E-state index in [2.05, 4.69) is 11.7 Å².